The Morgan fingerprint density at radius 1 is 0.844 bits per heavy atom. The van der Waals surface area contributed by atoms with Crippen molar-refractivity contribution < 1.29 is 17.4 Å². The zero-order valence-electron chi connectivity index (χ0n) is 18.5. The molecule has 0 aliphatic rings. The number of hydrogen-bond acceptors (Lipinski definition) is 4. The molecule has 0 spiro atoms. The highest BCUT2D eigenvalue weighted by Crippen LogP contribution is 2.61. The monoisotopic (exact) mass is 467 g/mol. The summed E-state index contributed by atoms with van der Waals surface area (Å²) in [4.78, 5) is 0.129. The van der Waals surface area contributed by atoms with Gasteiger partial charge in [-0.25, -0.2) is 0 Å². The summed E-state index contributed by atoms with van der Waals surface area (Å²) < 4.78 is 44.3. The molecule has 3 aromatic carbocycles. The van der Waals surface area contributed by atoms with Crippen molar-refractivity contribution in [3.8, 4) is 5.75 Å². The molecule has 0 aliphatic heterocycles. The van der Waals surface area contributed by atoms with E-state index in [1.165, 1.54) is 0 Å². The molecule has 0 fully saturated rings. The molecule has 0 bridgehead atoms. The molecule has 5 nitrogen and oxygen atoms in total. The number of sulfonamides is 1. The van der Waals surface area contributed by atoms with Gasteiger partial charge in [0.25, 0.3) is 10.0 Å². The summed E-state index contributed by atoms with van der Waals surface area (Å²) in [5, 5.41) is 1.14. The first kappa shape index (κ1) is 22.4. The van der Waals surface area contributed by atoms with E-state index >= 15 is 0 Å². The van der Waals surface area contributed by atoms with Crippen molar-refractivity contribution in [1.29, 1.82) is 0 Å². The van der Waals surface area contributed by atoms with Gasteiger partial charge in [-0.1, -0.05) is 69.3 Å². The predicted octanol–water partition coefficient (Wildman–Crippen LogP) is 6.75. The van der Waals surface area contributed by atoms with E-state index in [-0.39, 0.29) is 4.90 Å². The number of para-hydroxylation sites is 1. The zero-order valence-corrected chi connectivity index (χ0v) is 20.2. The molecular weight excluding hydrogens is 441 g/mol. The highest BCUT2D eigenvalue weighted by Gasteiger charge is 2.43. The van der Waals surface area contributed by atoms with Crippen molar-refractivity contribution in [2.24, 2.45) is 4.15 Å². The topological polar surface area (TPSA) is 68.9 Å². The van der Waals surface area contributed by atoms with Gasteiger partial charge in [0.2, 0.25) is 7.28 Å². The summed E-state index contributed by atoms with van der Waals surface area (Å²) in [6.45, 7) is 7.62. The molecule has 1 atom stereocenters. The number of benzene rings is 3. The van der Waals surface area contributed by atoms with Crippen molar-refractivity contribution in [2.45, 2.75) is 37.7 Å². The highest BCUT2D eigenvalue weighted by molar-refractivity contribution is 7.95. The number of rotatable bonds is 5. The molecule has 0 saturated heterocycles. The molecule has 4 aromatic rings. The van der Waals surface area contributed by atoms with Gasteiger partial charge in [0.15, 0.2) is 5.50 Å². The van der Waals surface area contributed by atoms with Crippen molar-refractivity contribution >= 4 is 33.6 Å². The lowest BCUT2D eigenvalue weighted by molar-refractivity contribution is 0.526. The van der Waals surface area contributed by atoms with Gasteiger partial charge in [0.05, 0.1) is 4.90 Å². The molecule has 1 heterocycles. The first-order valence-electron chi connectivity index (χ1n) is 10.3. The Labute approximate surface area is 189 Å². The molecule has 0 N–H and O–H groups in total. The van der Waals surface area contributed by atoms with Crippen LogP contribution in [0.4, 0.5) is 0 Å². The first-order chi connectivity index (χ1) is 15.1. The van der Waals surface area contributed by atoms with E-state index in [2.05, 4.69) is 4.15 Å². The van der Waals surface area contributed by atoms with E-state index < -0.39 is 22.5 Å². The van der Waals surface area contributed by atoms with Crippen molar-refractivity contribution in [3.05, 3.63) is 90.7 Å². The lowest BCUT2D eigenvalue weighted by Crippen LogP contribution is -2.27. The normalized spacial score (nSPS) is 14.1. The maximum absolute atomic E-state index is 13.6. The van der Waals surface area contributed by atoms with E-state index in [0.29, 0.717) is 17.0 Å². The van der Waals surface area contributed by atoms with Gasteiger partial charge in [0, 0.05) is 5.16 Å². The first-order valence-corrected chi connectivity index (χ1v) is 13.4. The molecule has 0 amide bonds. The second-order valence-corrected chi connectivity index (χ2v) is 13.8. The van der Waals surface area contributed by atoms with Gasteiger partial charge in [-0.15, -0.1) is 4.15 Å². The van der Waals surface area contributed by atoms with E-state index in [0.717, 1.165) is 10.8 Å². The van der Waals surface area contributed by atoms with Gasteiger partial charge in [-0.2, -0.15) is 8.42 Å². The fourth-order valence-corrected chi connectivity index (χ4v) is 8.97. The van der Waals surface area contributed by atoms with E-state index in [1.807, 2.05) is 76.2 Å². The summed E-state index contributed by atoms with van der Waals surface area (Å²) in [6, 6.07) is 25.4. The minimum absolute atomic E-state index is 0.129. The standard InChI is InChI=1S/C25H26NO4PS/c1-19-14-17-24(29-19)31(25(2,3)4,30-22-12-6-5-7-13-22)26-32(27,28)23-16-15-20-10-8-9-11-21(20)18-23/h5-18H,1-4H3/t31-/m1/s1. The van der Waals surface area contributed by atoms with Gasteiger partial charge < -0.3 is 8.94 Å². The van der Waals surface area contributed by atoms with Crippen molar-refractivity contribution in [2.75, 3.05) is 0 Å². The molecule has 32 heavy (non-hydrogen) atoms. The third kappa shape index (κ3) is 4.25. The van der Waals surface area contributed by atoms with Crippen LogP contribution in [0.1, 0.15) is 26.5 Å². The predicted molar refractivity (Wildman–Crippen MR) is 130 cm³/mol. The smallest absolute Gasteiger partial charge is 0.284 e. The average Bonchev–Trinajstić information content (AvgIpc) is 3.19. The minimum Gasteiger partial charge on any atom is -0.457 e. The maximum atomic E-state index is 13.6. The Balaban J connectivity index is 1.99. The summed E-state index contributed by atoms with van der Waals surface area (Å²) in [6.07, 6.45) is 0. The van der Waals surface area contributed by atoms with Crippen LogP contribution in [0, 0.1) is 6.92 Å². The van der Waals surface area contributed by atoms with Crippen LogP contribution in [0.3, 0.4) is 0 Å². The van der Waals surface area contributed by atoms with Crippen LogP contribution in [0.2, 0.25) is 0 Å². The number of nitrogens with zero attached hydrogens (tertiary/aromatic N) is 1. The molecule has 0 saturated carbocycles. The quantitative estimate of drug-likeness (QED) is 0.305. The van der Waals surface area contributed by atoms with Crippen LogP contribution in [-0.2, 0) is 10.0 Å². The Morgan fingerprint density at radius 2 is 1.50 bits per heavy atom. The van der Waals surface area contributed by atoms with Crippen LogP contribution in [0.25, 0.3) is 10.8 Å². The van der Waals surface area contributed by atoms with Crippen LogP contribution in [-0.4, -0.2) is 13.6 Å². The minimum atomic E-state index is -4.06. The van der Waals surface area contributed by atoms with Crippen LogP contribution in [0.15, 0.2) is 98.4 Å². The number of fused-ring (bicyclic) bond motifs is 1. The Kier molecular flexibility index (Phi) is 5.78. The molecule has 4 rings (SSSR count). The van der Waals surface area contributed by atoms with Crippen molar-refractivity contribution in [3.63, 3.8) is 0 Å². The van der Waals surface area contributed by atoms with Crippen LogP contribution < -0.4 is 10.0 Å². The molecular formula is C25H26NO4PS. The largest absolute Gasteiger partial charge is 0.457 e. The molecule has 0 aliphatic carbocycles. The maximum Gasteiger partial charge on any atom is 0.284 e. The molecule has 1 aromatic heterocycles. The summed E-state index contributed by atoms with van der Waals surface area (Å²) >= 11 is 0. The summed E-state index contributed by atoms with van der Waals surface area (Å²) in [7, 11) is -7.27. The third-order valence-corrected chi connectivity index (χ3v) is 10.9. The molecule has 0 radical (unpaired) electrons. The summed E-state index contributed by atoms with van der Waals surface area (Å²) in [5.41, 5.74) is 0.440. The zero-order chi connectivity index (χ0) is 23.0. The fraction of sp³-hybridized carbons (Fsp3) is 0.200. The molecule has 7 heteroatoms. The molecule has 0 unspecified atom stereocenters. The highest BCUT2D eigenvalue weighted by atomic mass is 32.2. The third-order valence-electron chi connectivity index (χ3n) is 5.16. The second-order valence-electron chi connectivity index (χ2n) is 8.60. The molecule has 166 valence electrons. The van der Waals surface area contributed by atoms with Gasteiger partial charge in [0.1, 0.15) is 11.5 Å². The lowest BCUT2D eigenvalue weighted by atomic mass is 10.1. The van der Waals surface area contributed by atoms with Gasteiger partial charge >= 0.3 is 0 Å². The Hall–Kier alpha value is -2.82. The van der Waals surface area contributed by atoms with E-state index in [1.54, 1.807) is 36.4 Å². The number of hydrogen-bond donors (Lipinski definition) is 0. The van der Waals surface area contributed by atoms with Gasteiger partial charge in [-0.3, -0.25) is 0 Å². The average molecular weight is 468 g/mol. The number of aryl methyl sites for hydroxylation is 1. The Morgan fingerprint density at radius 3 is 2.12 bits per heavy atom. The van der Waals surface area contributed by atoms with Crippen molar-refractivity contribution in [1.82, 2.24) is 0 Å². The van der Waals surface area contributed by atoms with Crippen LogP contribution >= 0.6 is 7.28 Å². The Bertz CT molecular complexity index is 1420. The van der Waals surface area contributed by atoms with Crippen LogP contribution in [0.5, 0.6) is 5.75 Å². The summed E-state index contributed by atoms with van der Waals surface area (Å²) in [5.74, 6) is 1.21. The van der Waals surface area contributed by atoms with Gasteiger partial charge in [-0.05, 0) is 54.1 Å². The van der Waals surface area contributed by atoms with E-state index in [9.17, 15) is 8.42 Å². The second kappa shape index (κ2) is 8.27. The fourth-order valence-electron chi connectivity index (χ4n) is 3.44. The lowest BCUT2D eigenvalue weighted by Gasteiger charge is -2.34. The van der Waals surface area contributed by atoms with E-state index in [4.69, 9.17) is 8.94 Å². The SMILES string of the molecule is Cc1ccc([P@@](=NS(=O)(=O)c2ccc3ccccc3c2)(Oc2ccccc2)C(C)(C)C)o1. The number of furan rings is 1.